The van der Waals surface area contributed by atoms with Gasteiger partial charge in [-0.3, -0.25) is 4.79 Å². The highest BCUT2D eigenvalue weighted by Gasteiger charge is 2.44. The molecule has 0 fully saturated rings. The number of halogens is 5. The predicted molar refractivity (Wildman–Crippen MR) is 57.0 cm³/mol. The molecular formula is C11H15F5O4. The molecule has 0 unspecified atom stereocenters. The first-order valence-electron chi connectivity index (χ1n) is 5.56. The zero-order valence-corrected chi connectivity index (χ0v) is 11.1. The molecule has 0 N–H and O–H groups in total. The molecule has 0 spiro atoms. The van der Waals surface area contributed by atoms with E-state index in [0.717, 1.165) is 6.92 Å². The molecule has 0 amide bonds. The highest BCUT2D eigenvalue weighted by atomic mass is 19.4. The third-order valence-corrected chi connectivity index (χ3v) is 2.13. The van der Waals surface area contributed by atoms with Crippen LogP contribution in [0.1, 0.15) is 33.6 Å². The topological polar surface area (TPSA) is 52.6 Å². The van der Waals surface area contributed by atoms with Gasteiger partial charge in [0.05, 0.1) is 0 Å². The van der Waals surface area contributed by atoms with E-state index in [-0.39, 0.29) is 0 Å². The lowest BCUT2D eigenvalue weighted by molar-refractivity contribution is -0.204. The van der Waals surface area contributed by atoms with E-state index < -0.39 is 49.1 Å². The fourth-order valence-electron chi connectivity index (χ4n) is 1.25. The summed E-state index contributed by atoms with van der Waals surface area (Å²) in [5, 5.41) is 0. The zero-order valence-electron chi connectivity index (χ0n) is 11.1. The van der Waals surface area contributed by atoms with Gasteiger partial charge < -0.3 is 9.47 Å². The van der Waals surface area contributed by atoms with Crippen molar-refractivity contribution in [3.63, 3.8) is 0 Å². The van der Waals surface area contributed by atoms with Crippen molar-refractivity contribution in [2.75, 3.05) is 6.61 Å². The summed E-state index contributed by atoms with van der Waals surface area (Å²) in [4.78, 5) is 21.6. The van der Waals surface area contributed by atoms with Crippen molar-refractivity contribution < 1.29 is 41.0 Å². The second-order valence-electron chi connectivity index (χ2n) is 4.75. The van der Waals surface area contributed by atoms with E-state index >= 15 is 0 Å². The summed E-state index contributed by atoms with van der Waals surface area (Å²) in [6, 6.07) is 0. The molecule has 118 valence electrons. The van der Waals surface area contributed by atoms with Crippen molar-refractivity contribution in [2.24, 2.45) is 0 Å². The monoisotopic (exact) mass is 306 g/mol. The number of carbonyl (C=O) groups excluding carboxylic acids is 2. The van der Waals surface area contributed by atoms with E-state index in [4.69, 9.17) is 4.74 Å². The molecule has 0 saturated heterocycles. The van der Waals surface area contributed by atoms with Gasteiger partial charge in [0.15, 0.2) is 6.61 Å². The Morgan fingerprint density at radius 1 is 1.00 bits per heavy atom. The van der Waals surface area contributed by atoms with Gasteiger partial charge >= 0.3 is 24.0 Å². The second-order valence-corrected chi connectivity index (χ2v) is 4.75. The van der Waals surface area contributed by atoms with Gasteiger partial charge in [0, 0.05) is 13.3 Å². The molecule has 0 heterocycles. The van der Waals surface area contributed by atoms with Crippen LogP contribution < -0.4 is 0 Å². The molecular weight excluding hydrogens is 291 g/mol. The molecule has 4 nitrogen and oxygen atoms in total. The molecule has 0 aromatic carbocycles. The standard InChI is InChI=1S/C11H15F5O4/c1-7(17)20-9(2,3)4-5-10(12,13)8(18)19-6-11(14,15)16/h4-6H2,1-3H3. The van der Waals surface area contributed by atoms with Crippen LogP contribution in [0.3, 0.4) is 0 Å². The van der Waals surface area contributed by atoms with Crippen LogP contribution in [-0.4, -0.2) is 36.2 Å². The minimum atomic E-state index is -4.87. The highest BCUT2D eigenvalue weighted by Crippen LogP contribution is 2.28. The average Bonchev–Trinajstić information content (AvgIpc) is 2.20. The van der Waals surface area contributed by atoms with Crippen LogP contribution in [-0.2, 0) is 19.1 Å². The molecule has 9 heteroatoms. The lowest BCUT2D eigenvalue weighted by Gasteiger charge is -2.26. The van der Waals surface area contributed by atoms with Crippen LogP contribution in [0.2, 0.25) is 0 Å². The van der Waals surface area contributed by atoms with E-state index in [1.54, 1.807) is 0 Å². The minimum absolute atomic E-state index is 0.416. The molecule has 0 radical (unpaired) electrons. The first-order valence-corrected chi connectivity index (χ1v) is 5.56. The molecule has 0 atom stereocenters. The Balaban J connectivity index is 4.44. The van der Waals surface area contributed by atoms with Gasteiger partial charge in [0.1, 0.15) is 5.60 Å². The van der Waals surface area contributed by atoms with Gasteiger partial charge in [-0.25, -0.2) is 4.79 Å². The lowest BCUT2D eigenvalue weighted by Crippen LogP contribution is -2.36. The van der Waals surface area contributed by atoms with Gasteiger partial charge in [-0.15, -0.1) is 0 Å². The number of hydrogen-bond donors (Lipinski definition) is 0. The summed E-state index contributed by atoms with van der Waals surface area (Å²) in [5.74, 6) is -7.03. The maximum Gasteiger partial charge on any atom is 0.422 e. The maximum atomic E-state index is 13.3. The molecule has 0 aromatic rings. The predicted octanol–water partition coefficient (Wildman–Crippen LogP) is 2.85. The highest BCUT2D eigenvalue weighted by molar-refractivity contribution is 5.77. The van der Waals surface area contributed by atoms with E-state index in [1.165, 1.54) is 13.8 Å². The van der Waals surface area contributed by atoms with Crippen molar-refractivity contribution >= 4 is 11.9 Å². The van der Waals surface area contributed by atoms with Crippen LogP contribution in [0.25, 0.3) is 0 Å². The zero-order chi connectivity index (χ0) is 16.2. The van der Waals surface area contributed by atoms with Crippen LogP contribution in [0, 0.1) is 0 Å². The van der Waals surface area contributed by atoms with Crippen LogP contribution in [0.15, 0.2) is 0 Å². The SMILES string of the molecule is CC(=O)OC(C)(C)CCC(F)(F)C(=O)OCC(F)(F)F. The number of rotatable bonds is 6. The van der Waals surface area contributed by atoms with Crippen LogP contribution in [0.4, 0.5) is 22.0 Å². The smallest absolute Gasteiger partial charge is 0.422 e. The molecule has 0 aliphatic rings. The first kappa shape index (κ1) is 18.6. The molecule has 0 aliphatic heterocycles. The summed E-state index contributed by atoms with van der Waals surface area (Å²) in [7, 11) is 0. The van der Waals surface area contributed by atoms with Gasteiger partial charge in [-0.2, -0.15) is 22.0 Å². The molecule has 0 aromatic heterocycles. The van der Waals surface area contributed by atoms with Gasteiger partial charge in [-0.05, 0) is 20.3 Å². The maximum absolute atomic E-state index is 13.3. The fourth-order valence-corrected chi connectivity index (χ4v) is 1.25. The number of hydrogen-bond acceptors (Lipinski definition) is 4. The second kappa shape index (κ2) is 6.36. The van der Waals surface area contributed by atoms with Gasteiger partial charge in [0.2, 0.25) is 0 Å². The third kappa shape index (κ3) is 7.90. The fraction of sp³-hybridized carbons (Fsp3) is 0.818. The van der Waals surface area contributed by atoms with E-state index in [2.05, 4.69) is 4.74 Å². The Bertz CT molecular complexity index is 362. The number of esters is 2. The largest absolute Gasteiger partial charge is 0.460 e. The average molecular weight is 306 g/mol. The molecule has 0 rings (SSSR count). The summed E-state index contributed by atoms with van der Waals surface area (Å²) < 4.78 is 70.0. The van der Waals surface area contributed by atoms with Crippen molar-refractivity contribution in [3.8, 4) is 0 Å². The van der Waals surface area contributed by atoms with Crippen molar-refractivity contribution in [1.29, 1.82) is 0 Å². The Morgan fingerprint density at radius 3 is 1.90 bits per heavy atom. The number of ether oxygens (including phenoxy) is 2. The van der Waals surface area contributed by atoms with E-state index in [1.807, 2.05) is 0 Å². The van der Waals surface area contributed by atoms with Gasteiger partial charge in [-0.1, -0.05) is 0 Å². The molecule has 20 heavy (non-hydrogen) atoms. The number of carbonyl (C=O) groups is 2. The van der Waals surface area contributed by atoms with Gasteiger partial charge in [0.25, 0.3) is 0 Å². The Morgan fingerprint density at radius 2 is 1.50 bits per heavy atom. The van der Waals surface area contributed by atoms with Crippen molar-refractivity contribution in [1.82, 2.24) is 0 Å². The van der Waals surface area contributed by atoms with E-state index in [0.29, 0.717) is 0 Å². The van der Waals surface area contributed by atoms with E-state index in [9.17, 15) is 31.5 Å². The summed E-state index contributed by atoms with van der Waals surface area (Å²) in [5.41, 5.74) is -1.26. The minimum Gasteiger partial charge on any atom is -0.460 e. The Kier molecular flexibility index (Phi) is 5.91. The van der Waals surface area contributed by atoms with Crippen molar-refractivity contribution in [3.05, 3.63) is 0 Å². The molecule has 0 saturated carbocycles. The third-order valence-electron chi connectivity index (χ3n) is 2.13. The lowest BCUT2D eigenvalue weighted by atomic mass is 9.99. The molecule has 0 bridgehead atoms. The molecule has 0 aliphatic carbocycles. The normalized spacial score (nSPS) is 13.0. The number of alkyl halides is 5. The summed E-state index contributed by atoms with van der Waals surface area (Å²) in [6.45, 7) is 1.68. The Hall–Kier alpha value is -1.41. The quantitative estimate of drug-likeness (QED) is 0.559. The Labute approximate surface area is 112 Å². The first-order chi connectivity index (χ1) is 8.75. The van der Waals surface area contributed by atoms with Crippen LogP contribution in [0.5, 0.6) is 0 Å². The summed E-state index contributed by atoms with van der Waals surface area (Å²) >= 11 is 0. The van der Waals surface area contributed by atoms with Crippen LogP contribution >= 0.6 is 0 Å². The van der Waals surface area contributed by atoms with Crippen molar-refractivity contribution in [2.45, 2.75) is 51.3 Å². The summed E-state index contributed by atoms with van der Waals surface area (Å²) in [6.07, 6.45) is -6.38.